The van der Waals surface area contributed by atoms with Crippen molar-refractivity contribution in [2.24, 2.45) is 5.41 Å². The Morgan fingerprint density at radius 1 is 1.20 bits per heavy atom. The van der Waals surface area contributed by atoms with Gasteiger partial charge in [-0.2, -0.15) is 0 Å². The standard InChI is InChI=1S/C15H24ClNO2S/c1-5-15(6-2,10-16)11-17-20(18,19)14-9-12(3)7-8-13(14)4/h7-9,17H,5-6,10-11H2,1-4H3. The zero-order valence-corrected chi connectivity index (χ0v) is 14.2. The largest absolute Gasteiger partial charge is 0.240 e. The molecule has 0 spiro atoms. The van der Waals surface area contributed by atoms with Crippen LogP contribution in [0.15, 0.2) is 23.1 Å². The van der Waals surface area contributed by atoms with Crippen molar-refractivity contribution in [3.05, 3.63) is 29.3 Å². The Labute approximate surface area is 127 Å². The molecule has 0 saturated carbocycles. The first-order valence-electron chi connectivity index (χ1n) is 6.93. The Balaban J connectivity index is 2.98. The predicted molar refractivity (Wildman–Crippen MR) is 84.8 cm³/mol. The summed E-state index contributed by atoms with van der Waals surface area (Å²) in [6.45, 7) is 8.15. The van der Waals surface area contributed by atoms with Crippen molar-refractivity contribution in [2.45, 2.75) is 45.4 Å². The van der Waals surface area contributed by atoms with Crippen molar-refractivity contribution in [1.82, 2.24) is 4.72 Å². The van der Waals surface area contributed by atoms with Crippen LogP contribution in [0.5, 0.6) is 0 Å². The fourth-order valence-electron chi connectivity index (χ4n) is 2.06. The number of rotatable bonds is 7. The molecule has 1 aromatic carbocycles. The van der Waals surface area contributed by atoms with Crippen LogP contribution in [-0.2, 0) is 10.0 Å². The number of hydrogen-bond donors (Lipinski definition) is 1. The van der Waals surface area contributed by atoms with Crippen molar-refractivity contribution in [2.75, 3.05) is 12.4 Å². The van der Waals surface area contributed by atoms with E-state index in [9.17, 15) is 8.42 Å². The Hall–Kier alpha value is -0.580. The Kier molecular flexibility index (Phi) is 6.05. The van der Waals surface area contributed by atoms with Gasteiger partial charge in [0.25, 0.3) is 0 Å². The van der Waals surface area contributed by atoms with E-state index in [0.29, 0.717) is 17.3 Å². The molecule has 20 heavy (non-hydrogen) atoms. The first kappa shape index (κ1) is 17.5. The van der Waals surface area contributed by atoms with Gasteiger partial charge in [-0.15, -0.1) is 11.6 Å². The normalized spacial score (nSPS) is 12.7. The summed E-state index contributed by atoms with van der Waals surface area (Å²) >= 11 is 6.02. The molecule has 0 fully saturated rings. The Bertz CT molecular complexity index is 543. The average molecular weight is 318 g/mol. The third-order valence-electron chi connectivity index (χ3n) is 4.05. The van der Waals surface area contributed by atoms with Crippen LogP contribution in [0.2, 0.25) is 0 Å². The lowest BCUT2D eigenvalue weighted by Crippen LogP contribution is -2.38. The van der Waals surface area contributed by atoms with Crippen molar-refractivity contribution < 1.29 is 8.42 Å². The number of benzene rings is 1. The Morgan fingerprint density at radius 2 is 1.80 bits per heavy atom. The molecule has 0 aromatic heterocycles. The molecule has 1 rings (SSSR count). The molecule has 0 atom stereocenters. The quantitative estimate of drug-likeness (QED) is 0.781. The number of sulfonamides is 1. The second-order valence-corrected chi connectivity index (χ2v) is 7.44. The molecule has 0 aliphatic rings. The van der Waals surface area contributed by atoms with Crippen molar-refractivity contribution >= 4 is 21.6 Å². The Morgan fingerprint density at radius 3 is 2.30 bits per heavy atom. The van der Waals surface area contributed by atoms with Gasteiger partial charge in [0.15, 0.2) is 0 Å². The first-order valence-corrected chi connectivity index (χ1v) is 8.95. The number of alkyl halides is 1. The maximum absolute atomic E-state index is 12.4. The van der Waals surface area contributed by atoms with E-state index in [0.717, 1.165) is 24.0 Å². The number of aryl methyl sites for hydroxylation is 2. The molecule has 0 aliphatic carbocycles. The minimum absolute atomic E-state index is 0.174. The first-order chi connectivity index (χ1) is 9.30. The van der Waals surface area contributed by atoms with Crippen LogP contribution in [0, 0.1) is 19.3 Å². The molecule has 114 valence electrons. The summed E-state index contributed by atoms with van der Waals surface area (Å²) in [6, 6.07) is 5.45. The fourth-order valence-corrected chi connectivity index (χ4v) is 4.02. The van der Waals surface area contributed by atoms with Gasteiger partial charge >= 0.3 is 0 Å². The van der Waals surface area contributed by atoms with Crippen LogP contribution in [0.25, 0.3) is 0 Å². The van der Waals surface area contributed by atoms with Gasteiger partial charge < -0.3 is 0 Å². The number of halogens is 1. The number of nitrogens with one attached hydrogen (secondary N) is 1. The molecule has 0 heterocycles. The van der Waals surface area contributed by atoms with E-state index >= 15 is 0 Å². The van der Waals surface area contributed by atoms with Crippen LogP contribution in [0.3, 0.4) is 0 Å². The molecular formula is C15H24ClNO2S. The highest BCUT2D eigenvalue weighted by Crippen LogP contribution is 2.28. The molecule has 0 bridgehead atoms. The van der Waals surface area contributed by atoms with Gasteiger partial charge in [-0.3, -0.25) is 0 Å². The molecule has 0 unspecified atom stereocenters. The molecule has 0 amide bonds. The average Bonchev–Trinajstić information content (AvgIpc) is 2.43. The fraction of sp³-hybridized carbons (Fsp3) is 0.600. The minimum atomic E-state index is -3.49. The van der Waals surface area contributed by atoms with Gasteiger partial charge in [-0.25, -0.2) is 13.1 Å². The van der Waals surface area contributed by atoms with E-state index < -0.39 is 10.0 Å². The maximum Gasteiger partial charge on any atom is 0.240 e. The van der Waals surface area contributed by atoms with Crippen LogP contribution in [-0.4, -0.2) is 20.8 Å². The van der Waals surface area contributed by atoms with Crippen molar-refractivity contribution in [1.29, 1.82) is 0 Å². The monoisotopic (exact) mass is 317 g/mol. The van der Waals surface area contributed by atoms with E-state index in [1.165, 1.54) is 0 Å². The van der Waals surface area contributed by atoms with Gasteiger partial charge in [-0.05, 0) is 49.3 Å². The number of hydrogen-bond acceptors (Lipinski definition) is 2. The van der Waals surface area contributed by atoms with Crippen LogP contribution in [0.4, 0.5) is 0 Å². The molecule has 5 heteroatoms. The highest BCUT2D eigenvalue weighted by atomic mass is 35.5. The summed E-state index contributed by atoms with van der Waals surface area (Å²) in [5.41, 5.74) is 1.52. The summed E-state index contributed by atoms with van der Waals surface area (Å²) in [5.74, 6) is 0.454. The van der Waals surface area contributed by atoms with Gasteiger partial charge in [0.2, 0.25) is 10.0 Å². The van der Waals surface area contributed by atoms with E-state index in [4.69, 9.17) is 11.6 Å². The third-order valence-corrected chi connectivity index (χ3v) is 6.16. The summed E-state index contributed by atoms with van der Waals surface area (Å²) in [6.07, 6.45) is 1.70. The molecule has 0 saturated heterocycles. The van der Waals surface area contributed by atoms with E-state index in [1.54, 1.807) is 6.07 Å². The molecule has 1 N–H and O–H groups in total. The van der Waals surface area contributed by atoms with Gasteiger partial charge in [0, 0.05) is 12.4 Å². The van der Waals surface area contributed by atoms with Gasteiger partial charge in [0.1, 0.15) is 0 Å². The van der Waals surface area contributed by atoms with Gasteiger partial charge in [0.05, 0.1) is 4.90 Å². The zero-order valence-electron chi connectivity index (χ0n) is 12.7. The van der Waals surface area contributed by atoms with Crippen LogP contribution in [0.1, 0.15) is 37.8 Å². The van der Waals surface area contributed by atoms with Gasteiger partial charge in [-0.1, -0.05) is 26.0 Å². The van der Waals surface area contributed by atoms with Crippen molar-refractivity contribution in [3.8, 4) is 0 Å². The topological polar surface area (TPSA) is 46.2 Å². The summed E-state index contributed by atoms with van der Waals surface area (Å²) in [4.78, 5) is 0.355. The lowest BCUT2D eigenvalue weighted by atomic mass is 9.85. The van der Waals surface area contributed by atoms with Crippen molar-refractivity contribution in [3.63, 3.8) is 0 Å². The second-order valence-electron chi connectivity index (χ2n) is 5.43. The molecular weight excluding hydrogens is 294 g/mol. The lowest BCUT2D eigenvalue weighted by Gasteiger charge is -2.29. The zero-order chi connectivity index (χ0) is 15.4. The van der Waals surface area contributed by atoms with E-state index in [1.807, 2.05) is 39.8 Å². The summed E-state index contributed by atoms with van der Waals surface area (Å²) in [5, 5.41) is 0. The lowest BCUT2D eigenvalue weighted by molar-refractivity contribution is 0.304. The molecule has 0 radical (unpaired) electrons. The predicted octanol–water partition coefficient (Wildman–Crippen LogP) is 3.63. The summed E-state index contributed by atoms with van der Waals surface area (Å²) in [7, 11) is -3.49. The second kappa shape index (κ2) is 6.92. The third kappa shape index (κ3) is 3.96. The van der Waals surface area contributed by atoms with E-state index in [-0.39, 0.29) is 5.41 Å². The maximum atomic E-state index is 12.4. The minimum Gasteiger partial charge on any atom is -0.211 e. The summed E-state index contributed by atoms with van der Waals surface area (Å²) < 4.78 is 27.6. The highest BCUT2D eigenvalue weighted by Gasteiger charge is 2.28. The van der Waals surface area contributed by atoms with E-state index in [2.05, 4.69) is 4.72 Å². The molecule has 0 aliphatic heterocycles. The smallest absolute Gasteiger partial charge is 0.211 e. The van der Waals surface area contributed by atoms with Crippen LogP contribution >= 0.6 is 11.6 Å². The van der Waals surface area contributed by atoms with Crippen LogP contribution < -0.4 is 4.72 Å². The highest BCUT2D eigenvalue weighted by molar-refractivity contribution is 7.89. The SMILES string of the molecule is CCC(CC)(CCl)CNS(=O)(=O)c1cc(C)ccc1C. The molecule has 1 aromatic rings. The molecule has 3 nitrogen and oxygen atoms in total.